The predicted octanol–water partition coefficient (Wildman–Crippen LogP) is 4.35. The van der Waals surface area contributed by atoms with Crippen molar-refractivity contribution in [3.05, 3.63) is 47.7 Å². The van der Waals surface area contributed by atoms with E-state index in [0.29, 0.717) is 0 Å². The second-order valence-electron chi connectivity index (χ2n) is 4.47. The van der Waals surface area contributed by atoms with Crippen molar-refractivity contribution in [1.82, 2.24) is 0 Å². The van der Waals surface area contributed by atoms with Crippen molar-refractivity contribution in [2.45, 2.75) is 20.3 Å². The number of carbonyl (C=O) groups excluding carboxylic acids is 1. The van der Waals surface area contributed by atoms with Crippen LogP contribution in [0, 0.1) is 0 Å². The number of ketones is 1. The van der Waals surface area contributed by atoms with Crippen LogP contribution in [0.2, 0.25) is 0 Å². The van der Waals surface area contributed by atoms with Crippen molar-refractivity contribution in [3.63, 3.8) is 0 Å². The predicted molar refractivity (Wildman–Crippen MR) is 73.1 cm³/mol. The molecule has 0 aliphatic rings. The summed E-state index contributed by atoms with van der Waals surface area (Å²) in [5.74, 6) is 0.857. The monoisotopic (exact) mass is 238 g/mol. The second-order valence-corrected chi connectivity index (χ2v) is 4.47. The molecule has 0 saturated heterocycles. The van der Waals surface area contributed by atoms with E-state index >= 15 is 0 Å². The van der Waals surface area contributed by atoms with Gasteiger partial charge in [0, 0.05) is 11.8 Å². The molecule has 18 heavy (non-hydrogen) atoms. The highest BCUT2D eigenvalue weighted by Crippen LogP contribution is 2.33. The summed E-state index contributed by atoms with van der Waals surface area (Å²) in [6, 6.07) is 12.1. The Kier molecular flexibility index (Phi) is 2.44. The Hall–Kier alpha value is -2.09. The van der Waals surface area contributed by atoms with Gasteiger partial charge in [-0.25, -0.2) is 0 Å². The van der Waals surface area contributed by atoms with Gasteiger partial charge in [-0.05, 0) is 23.8 Å². The Morgan fingerprint density at radius 3 is 2.67 bits per heavy atom. The van der Waals surface area contributed by atoms with Gasteiger partial charge in [-0.2, -0.15) is 0 Å². The molecule has 0 unspecified atom stereocenters. The van der Waals surface area contributed by atoms with Crippen LogP contribution >= 0.6 is 0 Å². The molecule has 1 aromatic heterocycles. The fraction of sp³-hybridized carbons (Fsp3) is 0.188. The second kappa shape index (κ2) is 3.98. The molecule has 90 valence electrons. The van der Waals surface area contributed by atoms with Crippen LogP contribution in [0.3, 0.4) is 0 Å². The SMILES string of the molecule is CCc1oc2ccc3ccccc3c2c1C(C)=O. The maximum Gasteiger partial charge on any atom is 0.163 e. The molecule has 2 nitrogen and oxygen atoms in total. The van der Waals surface area contributed by atoms with E-state index in [2.05, 4.69) is 6.07 Å². The van der Waals surface area contributed by atoms with Crippen LogP contribution in [0.5, 0.6) is 0 Å². The lowest BCUT2D eigenvalue weighted by Gasteiger charge is -2.00. The third-order valence-electron chi connectivity index (χ3n) is 3.33. The van der Waals surface area contributed by atoms with Gasteiger partial charge >= 0.3 is 0 Å². The molecule has 0 atom stereocenters. The summed E-state index contributed by atoms with van der Waals surface area (Å²) in [6.07, 6.45) is 0.734. The minimum absolute atomic E-state index is 0.0713. The van der Waals surface area contributed by atoms with Crippen LogP contribution in [0.25, 0.3) is 21.7 Å². The van der Waals surface area contributed by atoms with E-state index in [1.54, 1.807) is 6.92 Å². The fourth-order valence-electron chi connectivity index (χ4n) is 2.54. The smallest absolute Gasteiger partial charge is 0.163 e. The molecule has 0 aliphatic heterocycles. The quantitative estimate of drug-likeness (QED) is 0.621. The molecular formula is C16H14O2. The van der Waals surface area contributed by atoms with E-state index in [9.17, 15) is 4.79 Å². The topological polar surface area (TPSA) is 30.2 Å². The molecule has 3 aromatic rings. The summed E-state index contributed by atoms with van der Waals surface area (Å²) in [6.45, 7) is 3.61. The van der Waals surface area contributed by atoms with E-state index in [1.807, 2.05) is 37.3 Å². The summed E-state index contributed by atoms with van der Waals surface area (Å²) in [7, 11) is 0. The number of carbonyl (C=O) groups is 1. The first-order valence-corrected chi connectivity index (χ1v) is 6.16. The lowest BCUT2D eigenvalue weighted by Crippen LogP contribution is -1.95. The van der Waals surface area contributed by atoms with Gasteiger partial charge in [-0.1, -0.05) is 37.3 Å². The molecule has 0 bridgehead atoms. The molecule has 1 heterocycles. The molecule has 0 fully saturated rings. The molecule has 3 rings (SSSR count). The highest BCUT2D eigenvalue weighted by Gasteiger charge is 2.18. The number of Topliss-reactive ketones (excluding diaryl/α,β-unsaturated/α-hetero) is 1. The Morgan fingerprint density at radius 2 is 1.94 bits per heavy atom. The molecule has 0 N–H and O–H groups in total. The van der Waals surface area contributed by atoms with Crippen molar-refractivity contribution in [2.24, 2.45) is 0 Å². The maximum atomic E-state index is 11.9. The molecular weight excluding hydrogens is 224 g/mol. The number of hydrogen-bond acceptors (Lipinski definition) is 2. The van der Waals surface area contributed by atoms with Crippen LogP contribution in [0.4, 0.5) is 0 Å². The van der Waals surface area contributed by atoms with Crippen molar-refractivity contribution >= 4 is 27.5 Å². The molecule has 2 aromatic carbocycles. The summed E-state index contributed by atoms with van der Waals surface area (Å²) in [4.78, 5) is 11.9. The standard InChI is InChI=1S/C16H14O2/c1-3-13-15(10(2)17)16-12-7-5-4-6-11(12)8-9-14(16)18-13/h4-9H,3H2,1-2H3. The number of rotatable bonds is 2. The molecule has 0 saturated carbocycles. The first kappa shape index (κ1) is 11.0. The number of fused-ring (bicyclic) bond motifs is 3. The largest absolute Gasteiger partial charge is 0.460 e. The third kappa shape index (κ3) is 1.46. The minimum atomic E-state index is 0.0713. The Morgan fingerprint density at radius 1 is 1.17 bits per heavy atom. The van der Waals surface area contributed by atoms with E-state index in [4.69, 9.17) is 4.42 Å². The molecule has 0 radical (unpaired) electrons. The zero-order valence-electron chi connectivity index (χ0n) is 10.5. The van der Waals surface area contributed by atoms with E-state index in [-0.39, 0.29) is 5.78 Å². The summed E-state index contributed by atoms with van der Waals surface area (Å²) >= 11 is 0. The molecule has 0 amide bonds. The van der Waals surface area contributed by atoms with E-state index in [0.717, 1.165) is 39.5 Å². The van der Waals surface area contributed by atoms with Crippen LogP contribution in [-0.4, -0.2) is 5.78 Å². The normalized spacial score (nSPS) is 11.2. The third-order valence-corrected chi connectivity index (χ3v) is 3.33. The van der Waals surface area contributed by atoms with Gasteiger partial charge in [0.2, 0.25) is 0 Å². The van der Waals surface area contributed by atoms with Crippen molar-refractivity contribution in [2.75, 3.05) is 0 Å². The van der Waals surface area contributed by atoms with Gasteiger partial charge in [-0.15, -0.1) is 0 Å². The maximum absolute atomic E-state index is 11.9. The number of aryl methyl sites for hydroxylation is 1. The van der Waals surface area contributed by atoms with Crippen LogP contribution in [-0.2, 0) is 6.42 Å². The van der Waals surface area contributed by atoms with E-state index < -0.39 is 0 Å². The number of benzene rings is 2. The summed E-state index contributed by atoms with van der Waals surface area (Å²) < 4.78 is 5.80. The highest BCUT2D eigenvalue weighted by atomic mass is 16.3. The highest BCUT2D eigenvalue weighted by molar-refractivity contribution is 6.17. The fourth-order valence-corrected chi connectivity index (χ4v) is 2.54. The van der Waals surface area contributed by atoms with Gasteiger partial charge < -0.3 is 4.42 Å². The summed E-state index contributed by atoms with van der Waals surface area (Å²) in [5.41, 5.74) is 1.54. The zero-order chi connectivity index (χ0) is 12.7. The Labute approximate surface area is 105 Å². The van der Waals surface area contributed by atoms with Crippen LogP contribution in [0.1, 0.15) is 30.0 Å². The summed E-state index contributed by atoms with van der Waals surface area (Å²) in [5, 5.41) is 3.18. The average Bonchev–Trinajstić information content (AvgIpc) is 2.77. The Bertz CT molecular complexity index is 750. The lowest BCUT2D eigenvalue weighted by atomic mass is 10.00. The number of furan rings is 1. The first-order chi connectivity index (χ1) is 8.72. The van der Waals surface area contributed by atoms with Gasteiger partial charge in [-0.3, -0.25) is 4.79 Å². The Balaban J connectivity index is 2.55. The van der Waals surface area contributed by atoms with E-state index in [1.165, 1.54) is 0 Å². The molecule has 2 heteroatoms. The van der Waals surface area contributed by atoms with Gasteiger partial charge in [0.15, 0.2) is 5.78 Å². The van der Waals surface area contributed by atoms with Crippen molar-refractivity contribution in [3.8, 4) is 0 Å². The average molecular weight is 238 g/mol. The van der Waals surface area contributed by atoms with Gasteiger partial charge in [0.05, 0.1) is 5.56 Å². The number of hydrogen-bond donors (Lipinski definition) is 0. The first-order valence-electron chi connectivity index (χ1n) is 6.16. The van der Waals surface area contributed by atoms with Gasteiger partial charge in [0.25, 0.3) is 0 Å². The van der Waals surface area contributed by atoms with Crippen LogP contribution < -0.4 is 0 Å². The lowest BCUT2D eigenvalue weighted by molar-refractivity contribution is 0.101. The molecule has 0 spiro atoms. The zero-order valence-corrected chi connectivity index (χ0v) is 10.5. The molecule has 0 aliphatic carbocycles. The van der Waals surface area contributed by atoms with Crippen molar-refractivity contribution in [1.29, 1.82) is 0 Å². The van der Waals surface area contributed by atoms with Crippen LogP contribution in [0.15, 0.2) is 40.8 Å². The van der Waals surface area contributed by atoms with Gasteiger partial charge in [0.1, 0.15) is 11.3 Å². The van der Waals surface area contributed by atoms with Crippen molar-refractivity contribution < 1.29 is 9.21 Å². The minimum Gasteiger partial charge on any atom is -0.460 e.